The van der Waals surface area contributed by atoms with E-state index in [2.05, 4.69) is 15.3 Å². The summed E-state index contributed by atoms with van der Waals surface area (Å²) in [7, 11) is -0.987. The van der Waals surface area contributed by atoms with E-state index in [0.29, 0.717) is 16.7 Å². The Bertz CT molecular complexity index is 311. The molecule has 0 bridgehead atoms. The molecule has 0 radical (unpaired) electrons. The van der Waals surface area contributed by atoms with E-state index in [0.717, 1.165) is 19.5 Å². The molecule has 4 nitrogen and oxygen atoms in total. The summed E-state index contributed by atoms with van der Waals surface area (Å²) in [6, 6.07) is 0. The van der Waals surface area contributed by atoms with Gasteiger partial charge in [-0.1, -0.05) is 0 Å². The lowest BCUT2D eigenvalue weighted by Gasteiger charge is -2.06. The summed E-state index contributed by atoms with van der Waals surface area (Å²) in [5, 5.41) is 3.86. The maximum atomic E-state index is 11.8. The van der Waals surface area contributed by atoms with Crippen LogP contribution >= 0.6 is 0 Å². The van der Waals surface area contributed by atoms with Crippen molar-refractivity contribution in [3.05, 3.63) is 18.6 Å². The molecule has 1 aliphatic rings. The van der Waals surface area contributed by atoms with Crippen LogP contribution in [0, 0.1) is 5.92 Å². The number of nitrogens with one attached hydrogen (secondary N) is 1. The Morgan fingerprint density at radius 3 is 3.14 bits per heavy atom. The molecule has 2 rings (SSSR count). The van der Waals surface area contributed by atoms with Gasteiger partial charge in [-0.2, -0.15) is 0 Å². The first-order valence-corrected chi connectivity index (χ1v) is 6.03. The van der Waals surface area contributed by atoms with Crippen molar-refractivity contribution in [1.82, 2.24) is 15.3 Å². The van der Waals surface area contributed by atoms with Gasteiger partial charge in [0.2, 0.25) is 0 Å². The molecule has 2 atom stereocenters. The minimum atomic E-state index is -0.987. The van der Waals surface area contributed by atoms with E-state index in [4.69, 9.17) is 0 Å². The van der Waals surface area contributed by atoms with Crippen LogP contribution in [0.15, 0.2) is 23.6 Å². The molecule has 0 aromatic carbocycles. The summed E-state index contributed by atoms with van der Waals surface area (Å²) >= 11 is 0. The van der Waals surface area contributed by atoms with Gasteiger partial charge < -0.3 is 5.32 Å². The van der Waals surface area contributed by atoms with Gasteiger partial charge in [0.05, 0.1) is 17.0 Å². The summed E-state index contributed by atoms with van der Waals surface area (Å²) in [4.78, 5) is 7.95. The van der Waals surface area contributed by atoms with Crippen molar-refractivity contribution < 1.29 is 4.21 Å². The van der Waals surface area contributed by atoms with Crippen LogP contribution in [0.1, 0.15) is 6.42 Å². The molecule has 14 heavy (non-hydrogen) atoms. The maximum absolute atomic E-state index is 11.8. The van der Waals surface area contributed by atoms with Gasteiger partial charge in [-0.05, 0) is 25.4 Å². The van der Waals surface area contributed by atoms with Crippen molar-refractivity contribution in [3.63, 3.8) is 0 Å². The Morgan fingerprint density at radius 2 is 2.50 bits per heavy atom. The average molecular weight is 211 g/mol. The molecule has 0 saturated carbocycles. The SMILES string of the molecule is O=[S@@](C[C@H]1CCNC1)c1cnccn1. The lowest BCUT2D eigenvalue weighted by atomic mass is 10.2. The quantitative estimate of drug-likeness (QED) is 0.775. The normalized spacial score (nSPS) is 23.6. The van der Waals surface area contributed by atoms with E-state index in [-0.39, 0.29) is 0 Å². The van der Waals surface area contributed by atoms with Crippen molar-refractivity contribution in [1.29, 1.82) is 0 Å². The zero-order valence-corrected chi connectivity index (χ0v) is 8.67. The molecule has 0 spiro atoms. The van der Waals surface area contributed by atoms with Crippen molar-refractivity contribution >= 4 is 10.8 Å². The molecule has 0 unspecified atom stereocenters. The van der Waals surface area contributed by atoms with Gasteiger partial charge >= 0.3 is 0 Å². The van der Waals surface area contributed by atoms with Crippen LogP contribution in [0.3, 0.4) is 0 Å². The van der Waals surface area contributed by atoms with Crippen LogP contribution < -0.4 is 5.32 Å². The first kappa shape index (κ1) is 9.73. The van der Waals surface area contributed by atoms with E-state index in [1.165, 1.54) is 0 Å². The topological polar surface area (TPSA) is 54.9 Å². The first-order valence-electron chi connectivity index (χ1n) is 4.71. The van der Waals surface area contributed by atoms with E-state index in [1.54, 1.807) is 18.6 Å². The Labute approximate surface area is 85.6 Å². The molecule has 1 saturated heterocycles. The lowest BCUT2D eigenvalue weighted by Crippen LogP contribution is -2.15. The molecule has 0 aliphatic carbocycles. The smallest absolute Gasteiger partial charge is 0.145 e. The highest BCUT2D eigenvalue weighted by Crippen LogP contribution is 2.12. The zero-order chi connectivity index (χ0) is 9.80. The predicted molar refractivity (Wildman–Crippen MR) is 54.3 cm³/mol. The zero-order valence-electron chi connectivity index (χ0n) is 7.85. The van der Waals surface area contributed by atoms with Crippen LogP contribution in [-0.4, -0.2) is 33.0 Å². The van der Waals surface area contributed by atoms with Crippen LogP contribution in [-0.2, 0) is 10.8 Å². The summed E-state index contributed by atoms with van der Waals surface area (Å²) in [5.74, 6) is 1.23. The van der Waals surface area contributed by atoms with Gasteiger partial charge in [0, 0.05) is 18.1 Å². The molecule has 76 valence electrons. The molecule has 0 amide bonds. The summed E-state index contributed by atoms with van der Waals surface area (Å²) in [6.07, 6.45) is 5.88. The summed E-state index contributed by atoms with van der Waals surface area (Å²) < 4.78 is 11.8. The van der Waals surface area contributed by atoms with E-state index in [9.17, 15) is 4.21 Å². The predicted octanol–water partition coefficient (Wildman–Crippen LogP) is 0.194. The van der Waals surface area contributed by atoms with Crippen LogP contribution in [0.2, 0.25) is 0 Å². The van der Waals surface area contributed by atoms with Crippen molar-refractivity contribution in [2.24, 2.45) is 5.92 Å². The Morgan fingerprint density at radius 1 is 1.57 bits per heavy atom. The third-order valence-corrected chi connectivity index (χ3v) is 3.77. The fourth-order valence-electron chi connectivity index (χ4n) is 1.56. The van der Waals surface area contributed by atoms with Gasteiger partial charge in [-0.3, -0.25) is 9.19 Å². The highest BCUT2D eigenvalue weighted by Gasteiger charge is 2.18. The van der Waals surface area contributed by atoms with Crippen LogP contribution in [0.5, 0.6) is 0 Å². The molecule has 2 heterocycles. The maximum Gasteiger partial charge on any atom is 0.145 e. The lowest BCUT2D eigenvalue weighted by molar-refractivity contribution is 0.630. The third kappa shape index (κ3) is 2.36. The van der Waals surface area contributed by atoms with Crippen molar-refractivity contribution in [2.75, 3.05) is 18.8 Å². The standard InChI is InChI=1S/C9H13N3OS/c13-14(7-8-1-2-10-5-8)9-6-11-3-4-12-9/h3-4,6,8,10H,1-2,5,7H2/t8-,14-/m0/s1. The number of hydrogen-bond donors (Lipinski definition) is 1. The van der Waals surface area contributed by atoms with Gasteiger partial charge in [0.1, 0.15) is 5.03 Å². The Balaban J connectivity index is 1.95. The third-order valence-electron chi connectivity index (χ3n) is 2.32. The summed E-state index contributed by atoms with van der Waals surface area (Å²) in [5.41, 5.74) is 0. The molecule has 1 aromatic heterocycles. The first-order chi connectivity index (χ1) is 6.86. The highest BCUT2D eigenvalue weighted by atomic mass is 32.2. The minimum absolute atomic E-state index is 0.526. The second-order valence-electron chi connectivity index (χ2n) is 3.41. The second-order valence-corrected chi connectivity index (χ2v) is 4.86. The molecular formula is C9H13N3OS. The average Bonchev–Trinajstić information content (AvgIpc) is 2.72. The fraction of sp³-hybridized carbons (Fsp3) is 0.556. The van der Waals surface area contributed by atoms with Gasteiger partial charge in [0.25, 0.3) is 0 Å². The van der Waals surface area contributed by atoms with Crippen molar-refractivity contribution in [2.45, 2.75) is 11.4 Å². The Kier molecular flexibility index (Phi) is 3.21. The highest BCUT2D eigenvalue weighted by molar-refractivity contribution is 7.84. The number of rotatable bonds is 3. The largest absolute Gasteiger partial charge is 0.316 e. The molecule has 1 N–H and O–H groups in total. The second kappa shape index (κ2) is 4.61. The molecule has 1 aliphatic heterocycles. The molecule has 1 aromatic rings. The Hall–Kier alpha value is -0.810. The van der Waals surface area contributed by atoms with Crippen LogP contribution in [0.4, 0.5) is 0 Å². The fourth-order valence-corrected chi connectivity index (χ4v) is 2.80. The molecular weight excluding hydrogens is 198 g/mol. The molecule has 5 heteroatoms. The van der Waals surface area contributed by atoms with Gasteiger partial charge in [-0.25, -0.2) is 4.98 Å². The van der Waals surface area contributed by atoms with E-state index in [1.807, 2.05) is 0 Å². The van der Waals surface area contributed by atoms with E-state index < -0.39 is 10.8 Å². The summed E-state index contributed by atoms with van der Waals surface area (Å²) in [6.45, 7) is 2.02. The number of aromatic nitrogens is 2. The van der Waals surface area contributed by atoms with Gasteiger partial charge in [0.15, 0.2) is 0 Å². The van der Waals surface area contributed by atoms with Crippen molar-refractivity contribution in [3.8, 4) is 0 Å². The minimum Gasteiger partial charge on any atom is -0.316 e. The number of nitrogens with zero attached hydrogens (tertiary/aromatic N) is 2. The van der Waals surface area contributed by atoms with Gasteiger partial charge in [-0.15, -0.1) is 0 Å². The number of hydrogen-bond acceptors (Lipinski definition) is 4. The molecule has 1 fully saturated rings. The van der Waals surface area contributed by atoms with E-state index >= 15 is 0 Å². The van der Waals surface area contributed by atoms with Crippen LogP contribution in [0.25, 0.3) is 0 Å². The monoisotopic (exact) mass is 211 g/mol.